The van der Waals surface area contributed by atoms with Crippen molar-refractivity contribution in [2.45, 2.75) is 26.2 Å². The number of rotatable bonds is 7. The average molecular weight is 308 g/mol. The highest BCUT2D eigenvalue weighted by Crippen LogP contribution is 2.18. The van der Waals surface area contributed by atoms with Crippen molar-refractivity contribution in [3.8, 4) is 11.8 Å². The first-order valence-corrected chi connectivity index (χ1v) is 7.72. The van der Waals surface area contributed by atoms with Crippen LogP contribution in [0.25, 0.3) is 0 Å². The van der Waals surface area contributed by atoms with E-state index >= 15 is 0 Å². The summed E-state index contributed by atoms with van der Waals surface area (Å²) in [6, 6.07) is 1.77. The Kier molecular flexibility index (Phi) is 7.51. The van der Waals surface area contributed by atoms with Crippen LogP contribution in [0.3, 0.4) is 0 Å². The molecule has 1 rings (SSSR count). The van der Waals surface area contributed by atoms with E-state index in [1.54, 1.807) is 11.4 Å². The minimum atomic E-state index is -0.524. The van der Waals surface area contributed by atoms with Crippen LogP contribution < -0.4 is 5.73 Å². The van der Waals surface area contributed by atoms with Gasteiger partial charge in [-0.05, 0) is 17.9 Å². The fourth-order valence-corrected chi connectivity index (χ4v) is 2.54. The highest BCUT2D eigenvalue weighted by Gasteiger charge is 2.20. The van der Waals surface area contributed by atoms with Crippen LogP contribution in [-0.2, 0) is 4.79 Å². The second-order valence-electron chi connectivity index (χ2n) is 4.49. The van der Waals surface area contributed by atoms with Gasteiger partial charge >= 0.3 is 0 Å². The number of hydrogen-bond donors (Lipinski definition) is 2. The summed E-state index contributed by atoms with van der Waals surface area (Å²) in [5.41, 5.74) is 5.84. The lowest BCUT2D eigenvalue weighted by Crippen LogP contribution is -2.39. The SMILES string of the molecule is CCCCN(CC(N)=O)C(=O)c1sccc1C#CCCO. The molecule has 1 aromatic heterocycles. The number of aliphatic hydroxyl groups is 1. The van der Waals surface area contributed by atoms with Crippen LogP contribution in [0.5, 0.6) is 0 Å². The number of primary amides is 1. The molecule has 3 N–H and O–H groups in total. The maximum absolute atomic E-state index is 12.5. The maximum atomic E-state index is 12.5. The van der Waals surface area contributed by atoms with E-state index in [2.05, 4.69) is 11.8 Å². The minimum absolute atomic E-state index is 0.00921. The molecule has 0 saturated carbocycles. The minimum Gasteiger partial charge on any atom is -0.395 e. The molecular weight excluding hydrogens is 288 g/mol. The van der Waals surface area contributed by atoms with Crippen LogP contribution in [0.1, 0.15) is 41.4 Å². The molecule has 21 heavy (non-hydrogen) atoms. The van der Waals surface area contributed by atoms with E-state index in [0.29, 0.717) is 23.4 Å². The molecule has 1 heterocycles. The van der Waals surface area contributed by atoms with Gasteiger partial charge in [0.15, 0.2) is 0 Å². The van der Waals surface area contributed by atoms with Crippen LogP contribution in [-0.4, -0.2) is 41.5 Å². The van der Waals surface area contributed by atoms with E-state index in [4.69, 9.17) is 10.8 Å². The first-order valence-electron chi connectivity index (χ1n) is 6.85. The molecule has 0 saturated heterocycles. The van der Waals surface area contributed by atoms with E-state index in [0.717, 1.165) is 12.8 Å². The molecule has 0 spiro atoms. The van der Waals surface area contributed by atoms with Gasteiger partial charge in [-0.1, -0.05) is 25.2 Å². The number of amides is 2. The molecule has 114 valence electrons. The molecule has 0 atom stereocenters. The fourth-order valence-electron chi connectivity index (χ4n) is 1.72. The molecule has 0 fully saturated rings. The van der Waals surface area contributed by atoms with E-state index < -0.39 is 5.91 Å². The zero-order valence-corrected chi connectivity index (χ0v) is 12.9. The summed E-state index contributed by atoms with van der Waals surface area (Å²) in [4.78, 5) is 25.6. The van der Waals surface area contributed by atoms with Crippen molar-refractivity contribution < 1.29 is 14.7 Å². The van der Waals surface area contributed by atoms with Crippen LogP contribution in [0.4, 0.5) is 0 Å². The molecule has 0 aromatic carbocycles. The zero-order chi connectivity index (χ0) is 15.7. The van der Waals surface area contributed by atoms with Crippen molar-refractivity contribution in [2.75, 3.05) is 19.7 Å². The van der Waals surface area contributed by atoms with Gasteiger partial charge in [0.05, 0.1) is 13.2 Å². The number of unbranched alkanes of at least 4 members (excludes halogenated alkanes) is 1. The third-order valence-corrected chi connectivity index (χ3v) is 3.64. The van der Waals surface area contributed by atoms with Gasteiger partial charge in [0.25, 0.3) is 5.91 Å². The van der Waals surface area contributed by atoms with Crippen molar-refractivity contribution in [1.29, 1.82) is 0 Å². The van der Waals surface area contributed by atoms with Crippen LogP contribution in [0, 0.1) is 11.8 Å². The average Bonchev–Trinajstić information content (AvgIpc) is 2.91. The second kappa shape index (κ2) is 9.16. The van der Waals surface area contributed by atoms with Gasteiger partial charge in [0.1, 0.15) is 4.88 Å². The highest BCUT2D eigenvalue weighted by atomic mass is 32.1. The third kappa shape index (κ3) is 5.58. The van der Waals surface area contributed by atoms with Crippen molar-refractivity contribution in [3.05, 3.63) is 21.9 Å². The third-order valence-electron chi connectivity index (χ3n) is 2.73. The second-order valence-corrected chi connectivity index (χ2v) is 5.40. The maximum Gasteiger partial charge on any atom is 0.265 e. The number of nitrogens with zero attached hydrogens (tertiary/aromatic N) is 1. The molecule has 0 aliphatic carbocycles. The molecule has 2 amide bonds. The van der Waals surface area contributed by atoms with E-state index in [1.807, 2.05) is 6.92 Å². The van der Waals surface area contributed by atoms with Gasteiger partial charge < -0.3 is 15.7 Å². The summed E-state index contributed by atoms with van der Waals surface area (Å²) in [6.45, 7) is 2.43. The summed E-state index contributed by atoms with van der Waals surface area (Å²) >= 11 is 1.30. The number of hydrogen-bond acceptors (Lipinski definition) is 4. The van der Waals surface area contributed by atoms with Gasteiger partial charge in [-0.15, -0.1) is 11.3 Å². The van der Waals surface area contributed by atoms with Gasteiger partial charge in [-0.25, -0.2) is 0 Å². The molecule has 0 aliphatic rings. The quantitative estimate of drug-likeness (QED) is 0.743. The number of carbonyl (C=O) groups is 2. The first kappa shape index (κ1) is 17.2. The summed E-state index contributed by atoms with van der Waals surface area (Å²) in [5, 5.41) is 10.5. The van der Waals surface area contributed by atoms with Crippen molar-refractivity contribution in [3.63, 3.8) is 0 Å². The molecular formula is C15H20N2O3S. The predicted molar refractivity (Wildman–Crippen MR) is 82.9 cm³/mol. The summed E-state index contributed by atoms with van der Waals surface area (Å²) in [5.74, 6) is 4.93. The molecule has 1 aromatic rings. The molecule has 0 aliphatic heterocycles. The summed E-state index contributed by atoms with van der Waals surface area (Å²) in [6.07, 6.45) is 2.11. The Morgan fingerprint density at radius 2 is 2.24 bits per heavy atom. The molecule has 6 heteroatoms. The monoisotopic (exact) mass is 308 g/mol. The van der Waals surface area contributed by atoms with Gasteiger partial charge in [0.2, 0.25) is 5.91 Å². The number of carbonyl (C=O) groups excluding carboxylic acids is 2. The Bertz CT molecular complexity index is 543. The number of thiophene rings is 1. The van der Waals surface area contributed by atoms with Crippen LogP contribution in [0.15, 0.2) is 11.4 Å². The summed E-state index contributed by atoms with van der Waals surface area (Å²) < 4.78 is 0. The highest BCUT2D eigenvalue weighted by molar-refractivity contribution is 7.12. The lowest BCUT2D eigenvalue weighted by molar-refractivity contribution is -0.118. The van der Waals surface area contributed by atoms with Crippen LogP contribution in [0.2, 0.25) is 0 Å². The van der Waals surface area contributed by atoms with E-state index in [1.165, 1.54) is 16.2 Å². The Morgan fingerprint density at radius 1 is 1.48 bits per heavy atom. The fraction of sp³-hybridized carbons (Fsp3) is 0.467. The lowest BCUT2D eigenvalue weighted by Gasteiger charge is -2.20. The van der Waals surface area contributed by atoms with Gasteiger partial charge in [0, 0.05) is 18.5 Å². The first-order chi connectivity index (χ1) is 10.1. The van der Waals surface area contributed by atoms with E-state index in [-0.39, 0.29) is 19.1 Å². The van der Waals surface area contributed by atoms with Crippen molar-refractivity contribution >= 4 is 23.2 Å². The number of nitrogens with two attached hydrogens (primary N) is 1. The van der Waals surface area contributed by atoms with Crippen LogP contribution >= 0.6 is 11.3 Å². The smallest absolute Gasteiger partial charge is 0.265 e. The Labute approximate surface area is 128 Å². The molecule has 5 nitrogen and oxygen atoms in total. The largest absolute Gasteiger partial charge is 0.395 e. The van der Waals surface area contributed by atoms with Gasteiger partial charge in [-0.3, -0.25) is 9.59 Å². The Hall–Kier alpha value is -1.84. The Morgan fingerprint density at radius 3 is 2.86 bits per heavy atom. The zero-order valence-electron chi connectivity index (χ0n) is 12.1. The topological polar surface area (TPSA) is 83.6 Å². The van der Waals surface area contributed by atoms with E-state index in [9.17, 15) is 9.59 Å². The Balaban J connectivity index is 2.91. The summed E-state index contributed by atoms with van der Waals surface area (Å²) in [7, 11) is 0. The standard InChI is InChI=1S/C15H20N2O3S/c1-2-3-8-17(11-13(16)19)15(20)14-12(7-10-21-14)6-4-5-9-18/h7,10,18H,2-3,5,8-9,11H2,1H3,(H2,16,19). The molecule has 0 bridgehead atoms. The van der Waals surface area contributed by atoms with Gasteiger partial charge in [-0.2, -0.15) is 0 Å². The number of aliphatic hydroxyl groups excluding tert-OH is 1. The predicted octanol–water partition coefficient (Wildman–Crippen LogP) is 1.21. The molecule has 0 radical (unpaired) electrons. The van der Waals surface area contributed by atoms with Crippen molar-refractivity contribution in [2.24, 2.45) is 5.73 Å². The normalized spacial score (nSPS) is 9.81. The molecule has 0 unspecified atom stereocenters. The van der Waals surface area contributed by atoms with Crippen molar-refractivity contribution in [1.82, 2.24) is 4.90 Å². The lowest BCUT2D eigenvalue weighted by atomic mass is 10.2.